The second kappa shape index (κ2) is 6.53. The lowest BCUT2D eigenvalue weighted by Crippen LogP contribution is -2.37. The molecule has 2 amide bonds. The van der Waals surface area contributed by atoms with E-state index in [1.165, 1.54) is 12.1 Å². The molecule has 1 saturated carbocycles. The number of anilines is 1. The minimum Gasteiger partial charge on any atom is -0.478 e. The molecule has 0 spiro atoms. The topological polar surface area (TPSA) is 87.7 Å². The monoisotopic (exact) mass is 296 g/mol. The predicted octanol–water partition coefficient (Wildman–Crippen LogP) is 2.21. The summed E-state index contributed by atoms with van der Waals surface area (Å²) in [5, 5.41) is 13.9. The van der Waals surface area contributed by atoms with E-state index in [1.807, 2.05) is 0 Å². The van der Waals surface area contributed by atoms with Gasteiger partial charge in [0.05, 0.1) is 17.4 Å². The Morgan fingerprint density at radius 3 is 2.71 bits per heavy atom. The molecule has 6 nitrogen and oxygen atoms in total. The lowest BCUT2D eigenvalue weighted by atomic mass is 10.2. The van der Waals surface area contributed by atoms with Crippen molar-refractivity contribution in [2.75, 3.05) is 12.4 Å². The number of methoxy groups -OCH3 is 1. The zero-order chi connectivity index (χ0) is 15.4. The van der Waals surface area contributed by atoms with Crippen LogP contribution in [0.1, 0.15) is 29.6 Å². The van der Waals surface area contributed by atoms with Gasteiger partial charge in [-0.15, -0.1) is 0 Å². The van der Waals surface area contributed by atoms with Crippen LogP contribution in [-0.2, 0) is 4.74 Å². The molecular formula is C14H17FN2O4. The van der Waals surface area contributed by atoms with E-state index < -0.39 is 17.8 Å². The average molecular weight is 296 g/mol. The highest BCUT2D eigenvalue weighted by Gasteiger charge is 2.25. The third kappa shape index (κ3) is 3.91. The number of aromatic carboxylic acids is 1. The highest BCUT2D eigenvalue weighted by Crippen LogP contribution is 2.22. The quantitative estimate of drug-likeness (QED) is 0.795. The molecule has 0 bridgehead atoms. The first kappa shape index (κ1) is 15.2. The first-order valence-electron chi connectivity index (χ1n) is 6.62. The van der Waals surface area contributed by atoms with Crippen molar-refractivity contribution in [3.63, 3.8) is 0 Å². The Kier molecular flexibility index (Phi) is 4.74. The first-order chi connectivity index (χ1) is 9.99. The van der Waals surface area contributed by atoms with Gasteiger partial charge < -0.3 is 20.5 Å². The lowest BCUT2D eigenvalue weighted by Gasteiger charge is -2.14. The zero-order valence-corrected chi connectivity index (χ0v) is 11.6. The van der Waals surface area contributed by atoms with Crippen LogP contribution in [0.2, 0.25) is 0 Å². The third-order valence-electron chi connectivity index (χ3n) is 3.52. The Labute approximate surface area is 121 Å². The summed E-state index contributed by atoms with van der Waals surface area (Å²) in [6, 6.07) is 2.81. The standard InChI is InChI=1S/C14H17FN2O4/c1-21-10-4-3-9(7-10)16-14(20)17-12-5-2-8(13(18)19)6-11(12)15/h2,5-6,9-10H,3-4,7H2,1H3,(H,18,19)(H2,16,17,20). The highest BCUT2D eigenvalue weighted by molar-refractivity contribution is 5.91. The Hall–Kier alpha value is -2.15. The van der Waals surface area contributed by atoms with Gasteiger partial charge in [-0.1, -0.05) is 0 Å². The van der Waals surface area contributed by atoms with Gasteiger partial charge in [0.25, 0.3) is 0 Å². The number of nitrogens with one attached hydrogen (secondary N) is 2. The van der Waals surface area contributed by atoms with Gasteiger partial charge in [-0.3, -0.25) is 0 Å². The maximum absolute atomic E-state index is 13.7. The fraction of sp³-hybridized carbons (Fsp3) is 0.429. The number of halogens is 1. The molecule has 7 heteroatoms. The minimum absolute atomic E-state index is 0.00342. The van der Waals surface area contributed by atoms with Crippen LogP contribution < -0.4 is 10.6 Å². The second-order valence-corrected chi connectivity index (χ2v) is 4.97. The van der Waals surface area contributed by atoms with Crippen LogP contribution in [-0.4, -0.2) is 36.4 Å². The summed E-state index contributed by atoms with van der Waals surface area (Å²) >= 11 is 0. The van der Waals surface area contributed by atoms with Crippen LogP contribution in [0.15, 0.2) is 18.2 Å². The van der Waals surface area contributed by atoms with Crippen molar-refractivity contribution in [2.45, 2.75) is 31.4 Å². The van der Waals surface area contributed by atoms with Gasteiger partial charge in [-0.2, -0.15) is 0 Å². The number of benzene rings is 1. The van der Waals surface area contributed by atoms with E-state index in [-0.39, 0.29) is 23.4 Å². The van der Waals surface area contributed by atoms with Crippen molar-refractivity contribution in [3.05, 3.63) is 29.6 Å². The molecular weight excluding hydrogens is 279 g/mol. The molecule has 1 aliphatic rings. The number of urea groups is 1. The van der Waals surface area contributed by atoms with Crippen LogP contribution in [0.5, 0.6) is 0 Å². The average Bonchev–Trinajstić information content (AvgIpc) is 2.88. The Balaban J connectivity index is 1.92. The molecule has 1 fully saturated rings. The Morgan fingerprint density at radius 1 is 1.38 bits per heavy atom. The molecule has 0 heterocycles. The maximum atomic E-state index is 13.7. The fourth-order valence-electron chi connectivity index (χ4n) is 2.38. The van der Waals surface area contributed by atoms with Crippen molar-refractivity contribution in [1.82, 2.24) is 5.32 Å². The Morgan fingerprint density at radius 2 is 2.14 bits per heavy atom. The van der Waals surface area contributed by atoms with Gasteiger partial charge in [-0.25, -0.2) is 14.0 Å². The number of carboxylic acid groups (broad SMARTS) is 1. The molecule has 0 aromatic heterocycles. The fourth-order valence-corrected chi connectivity index (χ4v) is 2.38. The van der Waals surface area contributed by atoms with Gasteiger partial charge >= 0.3 is 12.0 Å². The highest BCUT2D eigenvalue weighted by atomic mass is 19.1. The smallest absolute Gasteiger partial charge is 0.335 e. The summed E-state index contributed by atoms with van der Waals surface area (Å²) in [6.45, 7) is 0. The molecule has 2 atom stereocenters. The summed E-state index contributed by atoms with van der Waals surface area (Å²) < 4.78 is 18.9. The molecule has 1 aliphatic carbocycles. The summed E-state index contributed by atoms with van der Waals surface area (Å²) in [5.41, 5.74) is -0.226. The predicted molar refractivity (Wildman–Crippen MR) is 73.9 cm³/mol. The second-order valence-electron chi connectivity index (χ2n) is 4.97. The van der Waals surface area contributed by atoms with Crippen molar-refractivity contribution < 1.29 is 23.8 Å². The van der Waals surface area contributed by atoms with E-state index in [0.717, 1.165) is 25.3 Å². The normalized spacial score (nSPS) is 21.0. The van der Waals surface area contributed by atoms with Gasteiger partial charge in [-0.05, 0) is 37.5 Å². The molecule has 3 N–H and O–H groups in total. The number of ether oxygens (including phenoxy) is 1. The summed E-state index contributed by atoms with van der Waals surface area (Å²) in [6.07, 6.45) is 2.56. The molecule has 0 radical (unpaired) electrons. The van der Waals surface area contributed by atoms with Crippen molar-refractivity contribution in [2.24, 2.45) is 0 Å². The minimum atomic E-state index is -1.22. The van der Waals surface area contributed by atoms with E-state index in [2.05, 4.69) is 10.6 Å². The molecule has 0 saturated heterocycles. The maximum Gasteiger partial charge on any atom is 0.335 e. The summed E-state index contributed by atoms with van der Waals surface area (Å²) in [5.74, 6) is -2.01. The van der Waals surface area contributed by atoms with E-state index in [1.54, 1.807) is 7.11 Å². The van der Waals surface area contributed by atoms with Gasteiger partial charge in [0.2, 0.25) is 0 Å². The number of carbonyl (C=O) groups is 2. The molecule has 0 aliphatic heterocycles. The molecule has 1 aromatic rings. The van der Waals surface area contributed by atoms with Crippen molar-refractivity contribution in [1.29, 1.82) is 0 Å². The summed E-state index contributed by atoms with van der Waals surface area (Å²) in [4.78, 5) is 22.5. The number of amides is 2. The van der Waals surface area contributed by atoms with E-state index >= 15 is 0 Å². The number of hydrogen-bond acceptors (Lipinski definition) is 3. The van der Waals surface area contributed by atoms with Crippen LogP contribution in [0, 0.1) is 5.82 Å². The molecule has 2 rings (SSSR count). The molecule has 21 heavy (non-hydrogen) atoms. The molecule has 2 unspecified atom stereocenters. The van der Waals surface area contributed by atoms with E-state index in [0.29, 0.717) is 0 Å². The number of rotatable bonds is 4. The van der Waals surface area contributed by atoms with Crippen LogP contribution in [0.3, 0.4) is 0 Å². The Bertz CT molecular complexity index is 550. The van der Waals surface area contributed by atoms with Gasteiger partial charge in [0.1, 0.15) is 5.82 Å². The van der Waals surface area contributed by atoms with Crippen LogP contribution in [0.4, 0.5) is 14.9 Å². The first-order valence-corrected chi connectivity index (χ1v) is 6.62. The van der Waals surface area contributed by atoms with Crippen LogP contribution >= 0.6 is 0 Å². The van der Waals surface area contributed by atoms with Crippen LogP contribution in [0.25, 0.3) is 0 Å². The number of hydrogen-bond donors (Lipinski definition) is 3. The van der Waals surface area contributed by atoms with Crippen molar-refractivity contribution in [3.8, 4) is 0 Å². The van der Waals surface area contributed by atoms with E-state index in [4.69, 9.17) is 9.84 Å². The number of carboxylic acids is 1. The van der Waals surface area contributed by atoms with E-state index in [9.17, 15) is 14.0 Å². The summed E-state index contributed by atoms with van der Waals surface area (Å²) in [7, 11) is 1.63. The van der Waals surface area contributed by atoms with Crippen molar-refractivity contribution >= 4 is 17.7 Å². The number of carbonyl (C=O) groups excluding carboxylic acids is 1. The largest absolute Gasteiger partial charge is 0.478 e. The van der Waals surface area contributed by atoms with Gasteiger partial charge in [0.15, 0.2) is 0 Å². The SMILES string of the molecule is COC1CCC(NC(=O)Nc2ccc(C(=O)O)cc2F)C1. The zero-order valence-electron chi connectivity index (χ0n) is 11.6. The molecule has 1 aromatic carbocycles. The third-order valence-corrected chi connectivity index (χ3v) is 3.52. The lowest BCUT2D eigenvalue weighted by molar-refractivity contribution is 0.0696. The molecule has 114 valence electrons. The van der Waals surface area contributed by atoms with Gasteiger partial charge in [0, 0.05) is 13.2 Å².